The topological polar surface area (TPSA) is 38.5 Å². The second-order valence-electron chi connectivity index (χ2n) is 4.23. The van der Waals surface area contributed by atoms with Crippen molar-refractivity contribution in [2.24, 2.45) is 11.7 Å². The van der Waals surface area contributed by atoms with Gasteiger partial charge in [0.25, 0.3) is 0 Å². The Kier molecular flexibility index (Phi) is 4.16. The minimum atomic E-state index is 0.492. The first kappa shape index (κ1) is 11.0. The van der Waals surface area contributed by atoms with Crippen LogP contribution in [0.4, 0.5) is 0 Å². The molecule has 0 aromatic rings. The van der Waals surface area contributed by atoms with E-state index in [1.54, 1.807) is 0 Å². The van der Waals surface area contributed by atoms with E-state index in [0.29, 0.717) is 18.0 Å². The molecule has 0 radical (unpaired) electrons. The minimum absolute atomic E-state index is 0.492. The van der Waals surface area contributed by atoms with Crippen molar-refractivity contribution in [1.82, 2.24) is 4.90 Å². The second kappa shape index (κ2) is 4.94. The van der Waals surface area contributed by atoms with Crippen molar-refractivity contribution in [2.45, 2.75) is 32.4 Å². The summed E-state index contributed by atoms with van der Waals surface area (Å²) in [6.07, 6.45) is 1.15. The highest BCUT2D eigenvalue weighted by Gasteiger charge is 2.26. The number of nitrogens with zero attached hydrogens (tertiary/aromatic N) is 1. The predicted molar refractivity (Wildman–Crippen MR) is 54.7 cm³/mol. The maximum absolute atomic E-state index is 5.76. The zero-order valence-electron chi connectivity index (χ0n) is 8.99. The zero-order chi connectivity index (χ0) is 9.84. The highest BCUT2D eigenvalue weighted by atomic mass is 16.5. The molecular weight excluding hydrogens is 164 g/mol. The van der Waals surface area contributed by atoms with Crippen LogP contribution in [0.5, 0.6) is 0 Å². The highest BCUT2D eigenvalue weighted by molar-refractivity contribution is 4.81. The molecule has 2 unspecified atom stereocenters. The molecule has 0 amide bonds. The Hall–Kier alpha value is -0.120. The van der Waals surface area contributed by atoms with Gasteiger partial charge in [0.1, 0.15) is 0 Å². The van der Waals surface area contributed by atoms with Crippen molar-refractivity contribution in [3.05, 3.63) is 0 Å². The summed E-state index contributed by atoms with van der Waals surface area (Å²) < 4.78 is 5.37. The van der Waals surface area contributed by atoms with Gasteiger partial charge in [-0.15, -0.1) is 0 Å². The molecule has 13 heavy (non-hydrogen) atoms. The third kappa shape index (κ3) is 2.66. The average Bonchev–Trinajstić information content (AvgIpc) is 2.56. The molecule has 0 spiro atoms. The van der Waals surface area contributed by atoms with Crippen molar-refractivity contribution in [1.29, 1.82) is 0 Å². The molecule has 3 nitrogen and oxygen atoms in total. The lowest BCUT2D eigenvalue weighted by Crippen LogP contribution is -2.47. The summed E-state index contributed by atoms with van der Waals surface area (Å²) in [6.45, 7) is 6.97. The van der Waals surface area contributed by atoms with Gasteiger partial charge in [-0.1, -0.05) is 13.8 Å². The Morgan fingerprint density at radius 2 is 2.23 bits per heavy atom. The van der Waals surface area contributed by atoms with Crippen LogP contribution in [0.3, 0.4) is 0 Å². The van der Waals surface area contributed by atoms with Crippen molar-refractivity contribution in [2.75, 3.05) is 26.8 Å². The Morgan fingerprint density at radius 1 is 1.54 bits per heavy atom. The lowest BCUT2D eigenvalue weighted by Gasteiger charge is -2.34. The predicted octanol–water partition coefficient (Wildman–Crippen LogP) is 0.690. The normalized spacial score (nSPS) is 25.8. The smallest absolute Gasteiger partial charge is 0.0622 e. The van der Waals surface area contributed by atoms with Crippen molar-refractivity contribution in [3.63, 3.8) is 0 Å². The molecule has 1 heterocycles. The van der Waals surface area contributed by atoms with E-state index >= 15 is 0 Å². The van der Waals surface area contributed by atoms with E-state index in [9.17, 15) is 0 Å². The van der Waals surface area contributed by atoms with Crippen LogP contribution in [0.1, 0.15) is 20.3 Å². The zero-order valence-corrected chi connectivity index (χ0v) is 8.99. The summed E-state index contributed by atoms with van der Waals surface area (Å²) in [5, 5.41) is 0. The van der Waals surface area contributed by atoms with Gasteiger partial charge in [0.15, 0.2) is 0 Å². The van der Waals surface area contributed by atoms with E-state index in [0.717, 1.165) is 26.2 Å². The van der Waals surface area contributed by atoms with E-state index in [2.05, 4.69) is 25.8 Å². The largest absolute Gasteiger partial charge is 0.380 e. The third-order valence-corrected chi connectivity index (χ3v) is 3.02. The van der Waals surface area contributed by atoms with Crippen LogP contribution in [0.2, 0.25) is 0 Å². The molecule has 78 valence electrons. The third-order valence-electron chi connectivity index (χ3n) is 3.02. The van der Waals surface area contributed by atoms with Crippen molar-refractivity contribution < 1.29 is 4.74 Å². The monoisotopic (exact) mass is 186 g/mol. The standard InChI is InChI=1S/C10H22N2O/c1-8(2)10(6-11)12(3)9-4-5-13-7-9/h8-10H,4-7,11H2,1-3H3. The molecule has 0 bridgehead atoms. The van der Waals surface area contributed by atoms with Crippen LogP contribution in [-0.2, 0) is 4.74 Å². The molecule has 1 fully saturated rings. The first-order valence-electron chi connectivity index (χ1n) is 5.16. The maximum atomic E-state index is 5.76. The SMILES string of the molecule is CC(C)C(CN)N(C)C1CCOC1. The molecule has 1 rings (SSSR count). The average molecular weight is 186 g/mol. The number of ether oxygens (including phenoxy) is 1. The highest BCUT2D eigenvalue weighted by Crippen LogP contribution is 2.17. The molecular formula is C10H22N2O. The van der Waals surface area contributed by atoms with Gasteiger partial charge in [-0.2, -0.15) is 0 Å². The van der Waals surface area contributed by atoms with Gasteiger partial charge in [-0.05, 0) is 19.4 Å². The number of likely N-dealkylation sites (N-methyl/N-ethyl adjacent to an activating group) is 1. The first-order chi connectivity index (χ1) is 6.16. The minimum Gasteiger partial charge on any atom is -0.380 e. The van der Waals surface area contributed by atoms with Gasteiger partial charge in [0.2, 0.25) is 0 Å². The molecule has 0 aromatic carbocycles. The van der Waals surface area contributed by atoms with Crippen molar-refractivity contribution in [3.8, 4) is 0 Å². The molecule has 1 saturated heterocycles. The van der Waals surface area contributed by atoms with E-state index in [-0.39, 0.29) is 0 Å². The Morgan fingerprint density at radius 3 is 2.62 bits per heavy atom. The van der Waals surface area contributed by atoms with Crippen LogP contribution >= 0.6 is 0 Å². The van der Waals surface area contributed by atoms with E-state index in [1.165, 1.54) is 0 Å². The summed E-state index contributed by atoms with van der Waals surface area (Å²) in [7, 11) is 2.16. The van der Waals surface area contributed by atoms with Gasteiger partial charge in [0.05, 0.1) is 6.61 Å². The lowest BCUT2D eigenvalue weighted by molar-refractivity contribution is 0.114. The lowest BCUT2D eigenvalue weighted by atomic mass is 10.0. The Balaban J connectivity index is 2.46. The fourth-order valence-corrected chi connectivity index (χ4v) is 2.02. The first-order valence-corrected chi connectivity index (χ1v) is 5.16. The molecule has 0 saturated carbocycles. The number of hydrogen-bond acceptors (Lipinski definition) is 3. The van der Waals surface area contributed by atoms with Gasteiger partial charge in [0, 0.05) is 25.2 Å². The molecule has 2 N–H and O–H groups in total. The van der Waals surface area contributed by atoms with Gasteiger partial charge in [-0.3, -0.25) is 4.90 Å². The van der Waals surface area contributed by atoms with E-state index in [4.69, 9.17) is 10.5 Å². The van der Waals surface area contributed by atoms with E-state index < -0.39 is 0 Å². The number of rotatable bonds is 4. The van der Waals surface area contributed by atoms with Gasteiger partial charge >= 0.3 is 0 Å². The summed E-state index contributed by atoms with van der Waals surface area (Å²) >= 11 is 0. The molecule has 3 heteroatoms. The van der Waals surface area contributed by atoms with E-state index in [1.807, 2.05) is 0 Å². The molecule has 1 aliphatic heterocycles. The Labute approximate surface area is 81.2 Å². The second-order valence-corrected chi connectivity index (χ2v) is 4.23. The summed E-state index contributed by atoms with van der Waals surface area (Å²) in [4.78, 5) is 2.39. The summed E-state index contributed by atoms with van der Waals surface area (Å²) in [5.74, 6) is 0.621. The van der Waals surface area contributed by atoms with Crippen LogP contribution < -0.4 is 5.73 Å². The van der Waals surface area contributed by atoms with Crippen LogP contribution in [0.15, 0.2) is 0 Å². The summed E-state index contributed by atoms with van der Waals surface area (Å²) in [6, 6.07) is 1.07. The van der Waals surface area contributed by atoms with Gasteiger partial charge < -0.3 is 10.5 Å². The molecule has 2 atom stereocenters. The fourth-order valence-electron chi connectivity index (χ4n) is 2.02. The molecule has 1 aliphatic rings. The maximum Gasteiger partial charge on any atom is 0.0622 e. The van der Waals surface area contributed by atoms with Crippen molar-refractivity contribution >= 4 is 0 Å². The summed E-state index contributed by atoms with van der Waals surface area (Å²) in [5.41, 5.74) is 5.76. The quantitative estimate of drug-likeness (QED) is 0.702. The van der Waals surface area contributed by atoms with Gasteiger partial charge in [-0.25, -0.2) is 0 Å². The Bertz CT molecular complexity index is 144. The number of nitrogens with two attached hydrogens (primary N) is 1. The number of hydrogen-bond donors (Lipinski definition) is 1. The fraction of sp³-hybridized carbons (Fsp3) is 1.00. The van der Waals surface area contributed by atoms with Crippen LogP contribution in [-0.4, -0.2) is 43.8 Å². The molecule has 0 aliphatic carbocycles. The van der Waals surface area contributed by atoms with Crippen LogP contribution in [0.25, 0.3) is 0 Å². The molecule has 0 aromatic heterocycles. The van der Waals surface area contributed by atoms with Crippen LogP contribution in [0, 0.1) is 5.92 Å².